The summed E-state index contributed by atoms with van der Waals surface area (Å²) in [7, 11) is 0.872. The van der Waals surface area contributed by atoms with Crippen molar-refractivity contribution >= 4 is 15.8 Å². The Morgan fingerprint density at radius 3 is 0.486 bits per heavy atom. The van der Waals surface area contributed by atoms with Crippen LogP contribution in [0.3, 0.4) is 0 Å². The predicted molar refractivity (Wildman–Crippen MR) is 147 cm³/mol. The maximum absolute atomic E-state index is 1.61. The molecule has 0 bridgehead atoms. The molecule has 6 rings (SSSR count). The molecule has 6 saturated carbocycles. The summed E-state index contributed by atoms with van der Waals surface area (Å²) in [6.45, 7) is 0. The molecule has 0 nitrogen and oxygen atoms in total. The van der Waals surface area contributed by atoms with Gasteiger partial charge < -0.3 is 24.8 Å². The van der Waals surface area contributed by atoms with Crippen LogP contribution in [0.2, 0.25) is 0 Å². The maximum Gasteiger partial charge on any atom is 2.00 e. The molecule has 0 spiro atoms. The summed E-state index contributed by atoms with van der Waals surface area (Å²) in [5.74, 6) is 0. The minimum atomic E-state index is 0. The van der Waals surface area contributed by atoms with Gasteiger partial charge in [0.1, 0.15) is 0 Å². The Morgan fingerprint density at radius 2 is 0.371 bits per heavy atom. The molecule has 0 radical (unpaired) electrons. The summed E-state index contributed by atoms with van der Waals surface area (Å²) in [5.41, 5.74) is 7.26. The fourth-order valence-electron chi connectivity index (χ4n) is 9.00. The molecule has 0 N–H and O–H groups in total. The average Bonchev–Trinajstić information content (AvgIpc) is 3.67. The van der Waals surface area contributed by atoms with E-state index in [4.69, 9.17) is 0 Å². The van der Waals surface area contributed by atoms with E-state index in [1.54, 1.807) is 154 Å². The first-order valence-electron chi connectivity index (χ1n) is 15.4. The van der Waals surface area contributed by atoms with Gasteiger partial charge in [-0.3, -0.25) is 0 Å². The molecule has 6 aliphatic carbocycles. The summed E-state index contributed by atoms with van der Waals surface area (Å²) >= 11 is 0. The number of hydrogen-bond donors (Lipinski definition) is 0. The second-order valence-electron chi connectivity index (χ2n) is 12.5. The van der Waals surface area contributed by atoms with E-state index in [1.165, 1.54) is 34.0 Å². The van der Waals surface area contributed by atoms with Gasteiger partial charge in [0.2, 0.25) is 0 Å². The summed E-state index contributed by atoms with van der Waals surface area (Å²) in [6, 6.07) is 0. The predicted octanol–water partition coefficient (Wildman–Crippen LogP) is 4.60. The summed E-state index contributed by atoms with van der Waals surface area (Å²) in [6.07, 6.45) is 38.0. The van der Waals surface area contributed by atoms with Gasteiger partial charge in [-0.1, -0.05) is 92.9 Å². The van der Waals surface area contributed by atoms with Crippen LogP contribution in [0.4, 0.5) is 0 Å². The molecule has 5 heteroatoms. The minimum absolute atomic E-state index is 0. The van der Waals surface area contributed by atoms with Gasteiger partial charge in [0, 0.05) is 0 Å². The van der Waals surface area contributed by atoms with E-state index in [9.17, 15) is 0 Å². The van der Waals surface area contributed by atoms with Crippen molar-refractivity contribution in [1.82, 2.24) is 0 Å². The molecule has 35 heavy (non-hydrogen) atoms. The van der Waals surface area contributed by atoms with Gasteiger partial charge in [0.25, 0.3) is 0 Å². The second kappa shape index (κ2) is 17.7. The molecule has 0 aliphatic heterocycles. The number of rotatable bonds is 6. The molecule has 0 aromatic heterocycles. The van der Waals surface area contributed by atoms with Crippen LogP contribution in [0.15, 0.2) is 0 Å². The van der Waals surface area contributed by atoms with Crippen LogP contribution in [-0.4, -0.2) is 34.0 Å². The molecule has 0 saturated heterocycles. The largest absolute Gasteiger partial charge is 2.00 e. The van der Waals surface area contributed by atoms with Gasteiger partial charge in [0.05, 0.1) is 0 Å². The standard InChI is InChI=1S/2C15H27P.2ClH.Pd/c2*1-2-8-13(7-1)16(14-9-3-4-10-14)15-11-5-6-12-15;;;/h2*13-15H,1-12H2;2*1H;/q;;;;+2/p-2. The van der Waals surface area contributed by atoms with E-state index in [1.807, 2.05) is 0 Å². The van der Waals surface area contributed by atoms with Gasteiger partial charge in [-0.15, -0.1) is 0 Å². The molecule has 0 aromatic rings. The molecule has 0 amide bonds. The van der Waals surface area contributed by atoms with Crippen LogP contribution in [0.25, 0.3) is 0 Å². The zero-order valence-electron chi connectivity index (χ0n) is 22.4. The summed E-state index contributed by atoms with van der Waals surface area (Å²) < 4.78 is 0. The molecule has 0 atom stereocenters. The van der Waals surface area contributed by atoms with Crippen molar-refractivity contribution < 1.29 is 45.2 Å². The van der Waals surface area contributed by atoms with Crippen LogP contribution in [0.5, 0.6) is 0 Å². The van der Waals surface area contributed by atoms with Crippen molar-refractivity contribution in [3.63, 3.8) is 0 Å². The van der Waals surface area contributed by atoms with E-state index in [2.05, 4.69) is 0 Å². The van der Waals surface area contributed by atoms with Crippen molar-refractivity contribution in [3.8, 4) is 0 Å². The molecule has 6 aliphatic rings. The molecule has 6 fully saturated rings. The van der Waals surface area contributed by atoms with E-state index in [0.717, 1.165) is 0 Å². The third kappa shape index (κ3) is 9.05. The van der Waals surface area contributed by atoms with Gasteiger partial charge >= 0.3 is 20.4 Å². The van der Waals surface area contributed by atoms with E-state index in [0.29, 0.717) is 15.8 Å². The third-order valence-corrected chi connectivity index (χ3v) is 18.6. The first kappa shape index (κ1) is 33.3. The van der Waals surface area contributed by atoms with Crippen LogP contribution in [-0.2, 0) is 20.4 Å². The average molecular weight is 654 g/mol. The molecule has 0 aromatic carbocycles. The topological polar surface area (TPSA) is 0 Å². The first-order valence-corrected chi connectivity index (χ1v) is 18.5. The fraction of sp³-hybridized carbons (Fsp3) is 1.00. The smallest absolute Gasteiger partial charge is 1.00 e. The zero-order chi connectivity index (χ0) is 21.6. The Hall–Kier alpha value is 2.10. The van der Waals surface area contributed by atoms with Gasteiger partial charge in [-0.05, 0) is 111 Å². The van der Waals surface area contributed by atoms with Gasteiger partial charge in [-0.25, -0.2) is 0 Å². The van der Waals surface area contributed by atoms with Gasteiger partial charge in [0.15, 0.2) is 0 Å². The van der Waals surface area contributed by atoms with Crippen molar-refractivity contribution in [2.45, 2.75) is 188 Å². The monoisotopic (exact) mass is 652 g/mol. The molecular weight excluding hydrogens is 600 g/mol. The third-order valence-electron chi connectivity index (χ3n) is 10.5. The van der Waals surface area contributed by atoms with E-state index >= 15 is 0 Å². The van der Waals surface area contributed by atoms with Crippen molar-refractivity contribution in [2.24, 2.45) is 0 Å². The van der Waals surface area contributed by atoms with Gasteiger partial charge in [-0.2, -0.15) is 0 Å². The normalized spacial score (nSPS) is 27.3. The van der Waals surface area contributed by atoms with Crippen LogP contribution in [0.1, 0.15) is 154 Å². The van der Waals surface area contributed by atoms with Crippen molar-refractivity contribution in [1.29, 1.82) is 0 Å². The molecule has 0 unspecified atom stereocenters. The number of hydrogen-bond acceptors (Lipinski definition) is 0. The van der Waals surface area contributed by atoms with E-state index < -0.39 is 0 Å². The SMILES string of the molecule is C1CCC(P(C2CCCC2)C2CCCC2)C1.C1CCC(P(C2CCCC2)C2CCCC2)C1.[Cl-].[Cl-].[Pd+2]. The summed E-state index contributed by atoms with van der Waals surface area (Å²) in [5, 5.41) is 0. The van der Waals surface area contributed by atoms with Crippen LogP contribution >= 0.6 is 15.8 Å². The molecule has 208 valence electrons. The van der Waals surface area contributed by atoms with Crippen molar-refractivity contribution in [2.75, 3.05) is 0 Å². The van der Waals surface area contributed by atoms with Crippen molar-refractivity contribution in [3.05, 3.63) is 0 Å². The Balaban J connectivity index is 0.000000227. The zero-order valence-corrected chi connectivity index (χ0v) is 27.3. The van der Waals surface area contributed by atoms with E-state index in [-0.39, 0.29) is 45.2 Å². The van der Waals surface area contributed by atoms with Crippen LogP contribution in [0, 0.1) is 0 Å². The Kier molecular flexibility index (Phi) is 16.9. The molecule has 0 heterocycles. The Morgan fingerprint density at radius 1 is 0.257 bits per heavy atom. The number of halogens is 2. The second-order valence-corrected chi connectivity index (χ2v) is 18.7. The first-order chi connectivity index (χ1) is 15.9. The quantitative estimate of drug-likeness (QED) is 0.291. The maximum atomic E-state index is 1.61. The Labute approximate surface area is 247 Å². The minimum Gasteiger partial charge on any atom is -1.00 e. The summed E-state index contributed by atoms with van der Waals surface area (Å²) in [4.78, 5) is 0. The fourth-order valence-corrected chi connectivity index (χ4v) is 18.3. The van der Waals surface area contributed by atoms with Crippen LogP contribution < -0.4 is 24.8 Å². The molecular formula is C30H54Cl2P2Pd. The Bertz CT molecular complexity index is 404.